The number of rotatable bonds is 5. The summed E-state index contributed by atoms with van der Waals surface area (Å²) >= 11 is 0. The van der Waals surface area contributed by atoms with Gasteiger partial charge in [-0.15, -0.1) is 10.2 Å². The van der Waals surface area contributed by atoms with Gasteiger partial charge in [0.15, 0.2) is 5.82 Å². The quantitative estimate of drug-likeness (QED) is 0.916. The second-order valence-electron chi connectivity index (χ2n) is 6.27. The number of hydrogen-bond acceptors (Lipinski definition) is 5. The molecule has 0 spiro atoms. The Morgan fingerprint density at radius 3 is 2.48 bits per heavy atom. The van der Waals surface area contributed by atoms with Crippen molar-refractivity contribution in [2.75, 3.05) is 0 Å². The Hall–Kier alpha value is -2.31. The lowest BCUT2D eigenvalue weighted by molar-refractivity contribution is 0.0935. The SMILES string of the molecule is Cc1nc(C(C)C)ncc1C(=O)N[C@@H](C)c1nncn1C(C)C. The van der Waals surface area contributed by atoms with Crippen LogP contribution in [0, 0.1) is 6.92 Å². The highest BCUT2D eigenvalue weighted by Crippen LogP contribution is 2.16. The highest BCUT2D eigenvalue weighted by Gasteiger charge is 2.20. The van der Waals surface area contributed by atoms with Crippen molar-refractivity contribution in [1.29, 1.82) is 0 Å². The maximum Gasteiger partial charge on any atom is 0.255 e. The number of aromatic nitrogens is 5. The molecular formula is C16H24N6O. The van der Waals surface area contributed by atoms with E-state index in [1.54, 1.807) is 12.5 Å². The van der Waals surface area contributed by atoms with Crippen LogP contribution < -0.4 is 5.32 Å². The molecule has 0 aromatic carbocycles. The first-order chi connectivity index (χ1) is 10.8. The Bertz CT molecular complexity index is 692. The molecule has 0 aliphatic heterocycles. The van der Waals surface area contributed by atoms with Gasteiger partial charge in [-0.1, -0.05) is 13.8 Å². The molecule has 7 nitrogen and oxygen atoms in total. The van der Waals surface area contributed by atoms with Gasteiger partial charge in [0.1, 0.15) is 12.2 Å². The summed E-state index contributed by atoms with van der Waals surface area (Å²) in [5.41, 5.74) is 1.16. The fourth-order valence-electron chi connectivity index (χ4n) is 2.28. The summed E-state index contributed by atoms with van der Waals surface area (Å²) in [5, 5.41) is 11.0. The van der Waals surface area contributed by atoms with Gasteiger partial charge >= 0.3 is 0 Å². The van der Waals surface area contributed by atoms with E-state index in [4.69, 9.17) is 0 Å². The predicted octanol–water partition coefficient (Wildman–Crippen LogP) is 2.57. The number of carbonyl (C=O) groups is 1. The smallest absolute Gasteiger partial charge is 0.255 e. The van der Waals surface area contributed by atoms with Crippen LogP contribution in [0.5, 0.6) is 0 Å². The molecule has 0 fully saturated rings. The van der Waals surface area contributed by atoms with E-state index in [1.165, 1.54) is 0 Å². The number of aryl methyl sites for hydroxylation is 1. The van der Waals surface area contributed by atoms with Gasteiger partial charge in [0.25, 0.3) is 5.91 Å². The normalized spacial score (nSPS) is 12.7. The molecule has 1 amide bonds. The minimum atomic E-state index is -0.253. The number of carbonyl (C=O) groups excluding carboxylic acids is 1. The van der Waals surface area contributed by atoms with Crippen LogP contribution in [0.1, 0.15) is 80.3 Å². The van der Waals surface area contributed by atoms with E-state index in [9.17, 15) is 4.79 Å². The monoisotopic (exact) mass is 316 g/mol. The molecule has 2 aromatic heterocycles. The molecule has 0 radical (unpaired) electrons. The summed E-state index contributed by atoms with van der Waals surface area (Å²) in [4.78, 5) is 21.2. The van der Waals surface area contributed by atoms with Crippen molar-refractivity contribution in [2.45, 2.75) is 59.5 Å². The van der Waals surface area contributed by atoms with Crippen molar-refractivity contribution < 1.29 is 4.79 Å². The van der Waals surface area contributed by atoms with E-state index in [2.05, 4.69) is 25.5 Å². The van der Waals surface area contributed by atoms with E-state index < -0.39 is 0 Å². The number of amides is 1. The molecular weight excluding hydrogens is 292 g/mol. The van der Waals surface area contributed by atoms with Crippen LogP contribution in [0.3, 0.4) is 0 Å². The molecule has 1 atom stereocenters. The molecule has 1 N–H and O–H groups in total. The van der Waals surface area contributed by atoms with Gasteiger partial charge in [-0.2, -0.15) is 0 Å². The average molecular weight is 316 g/mol. The Balaban J connectivity index is 2.17. The van der Waals surface area contributed by atoms with Gasteiger partial charge in [0.05, 0.1) is 17.3 Å². The van der Waals surface area contributed by atoms with Crippen molar-refractivity contribution in [1.82, 2.24) is 30.0 Å². The van der Waals surface area contributed by atoms with Crippen molar-refractivity contribution >= 4 is 5.91 Å². The zero-order valence-electron chi connectivity index (χ0n) is 14.5. The third-order valence-electron chi connectivity index (χ3n) is 3.65. The zero-order valence-corrected chi connectivity index (χ0v) is 14.5. The molecule has 124 valence electrons. The molecule has 0 aliphatic rings. The van der Waals surface area contributed by atoms with Crippen molar-refractivity contribution in [2.24, 2.45) is 0 Å². The lowest BCUT2D eigenvalue weighted by Gasteiger charge is -2.17. The van der Waals surface area contributed by atoms with Crippen molar-refractivity contribution in [3.05, 3.63) is 35.4 Å². The second kappa shape index (κ2) is 6.85. The summed E-state index contributed by atoms with van der Waals surface area (Å²) in [6, 6.07) is -0.0219. The van der Waals surface area contributed by atoms with E-state index in [0.29, 0.717) is 11.3 Å². The van der Waals surface area contributed by atoms with E-state index in [1.807, 2.05) is 46.1 Å². The summed E-state index contributed by atoms with van der Waals surface area (Å²) in [5.74, 6) is 1.50. The van der Waals surface area contributed by atoms with Crippen LogP contribution in [0.25, 0.3) is 0 Å². The predicted molar refractivity (Wildman–Crippen MR) is 87.1 cm³/mol. The molecule has 23 heavy (non-hydrogen) atoms. The molecule has 2 heterocycles. The molecule has 0 bridgehead atoms. The van der Waals surface area contributed by atoms with Crippen LogP contribution in [0.15, 0.2) is 12.5 Å². The Kier molecular flexibility index (Phi) is 5.08. The fourth-order valence-corrected chi connectivity index (χ4v) is 2.28. The average Bonchev–Trinajstić information content (AvgIpc) is 2.96. The summed E-state index contributed by atoms with van der Waals surface area (Å²) in [6.45, 7) is 11.8. The standard InChI is InChI=1S/C16H24N6O/c1-9(2)14-17-7-13(11(5)19-14)16(23)20-12(6)15-21-18-8-22(15)10(3)4/h7-10,12H,1-6H3,(H,20,23)/t12-/m0/s1. The summed E-state index contributed by atoms with van der Waals surface area (Å²) < 4.78 is 1.94. The fraction of sp³-hybridized carbons (Fsp3) is 0.562. The van der Waals surface area contributed by atoms with Crippen molar-refractivity contribution in [3.8, 4) is 0 Å². The highest BCUT2D eigenvalue weighted by molar-refractivity contribution is 5.95. The van der Waals surface area contributed by atoms with Gasteiger partial charge in [0, 0.05) is 18.2 Å². The lowest BCUT2D eigenvalue weighted by Crippen LogP contribution is -2.30. The van der Waals surface area contributed by atoms with Gasteiger partial charge in [-0.3, -0.25) is 4.79 Å². The first-order valence-corrected chi connectivity index (χ1v) is 7.85. The van der Waals surface area contributed by atoms with Gasteiger partial charge in [0.2, 0.25) is 0 Å². The van der Waals surface area contributed by atoms with Gasteiger partial charge in [-0.25, -0.2) is 9.97 Å². The van der Waals surface area contributed by atoms with Crippen LogP contribution in [0.2, 0.25) is 0 Å². The Morgan fingerprint density at radius 2 is 1.91 bits per heavy atom. The first kappa shape index (κ1) is 17.1. The maximum atomic E-state index is 12.5. The lowest BCUT2D eigenvalue weighted by atomic mass is 10.1. The second-order valence-corrected chi connectivity index (χ2v) is 6.27. The number of nitrogens with zero attached hydrogens (tertiary/aromatic N) is 5. The molecule has 0 aliphatic carbocycles. The summed E-state index contributed by atoms with van der Waals surface area (Å²) in [7, 11) is 0. The van der Waals surface area contributed by atoms with E-state index in [0.717, 1.165) is 11.6 Å². The molecule has 2 aromatic rings. The Morgan fingerprint density at radius 1 is 1.22 bits per heavy atom. The largest absolute Gasteiger partial charge is 0.342 e. The number of hydrogen-bond donors (Lipinski definition) is 1. The first-order valence-electron chi connectivity index (χ1n) is 7.85. The molecule has 0 saturated carbocycles. The van der Waals surface area contributed by atoms with E-state index >= 15 is 0 Å². The highest BCUT2D eigenvalue weighted by atomic mass is 16.1. The maximum absolute atomic E-state index is 12.5. The molecule has 0 saturated heterocycles. The van der Waals surface area contributed by atoms with Crippen LogP contribution >= 0.6 is 0 Å². The third-order valence-corrected chi connectivity index (χ3v) is 3.65. The van der Waals surface area contributed by atoms with Crippen molar-refractivity contribution in [3.63, 3.8) is 0 Å². The van der Waals surface area contributed by atoms with Gasteiger partial charge in [-0.05, 0) is 27.7 Å². The van der Waals surface area contributed by atoms with E-state index in [-0.39, 0.29) is 23.9 Å². The van der Waals surface area contributed by atoms with Crippen LogP contribution in [0.4, 0.5) is 0 Å². The van der Waals surface area contributed by atoms with Gasteiger partial charge < -0.3 is 9.88 Å². The Labute approximate surface area is 136 Å². The minimum absolute atomic E-state index is 0.205. The topological polar surface area (TPSA) is 85.6 Å². The molecule has 2 rings (SSSR count). The zero-order chi connectivity index (χ0) is 17.1. The van der Waals surface area contributed by atoms with Crippen LogP contribution in [-0.4, -0.2) is 30.6 Å². The minimum Gasteiger partial charge on any atom is -0.342 e. The van der Waals surface area contributed by atoms with Crippen LogP contribution in [-0.2, 0) is 0 Å². The molecule has 7 heteroatoms. The summed E-state index contributed by atoms with van der Waals surface area (Å²) in [6.07, 6.45) is 3.27. The number of nitrogens with one attached hydrogen (secondary N) is 1. The third kappa shape index (κ3) is 3.72. The molecule has 0 unspecified atom stereocenters.